The first-order chi connectivity index (χ1) is 10.1. The number of rotatable bonds is 5. The first-order valence-corrected chi connectivity index (χ1v) is 8.56. The largest absolute Gasteiger partial charge is 0.494 e. The number of hydrazone groups is 1. The van der Waals surface area contributed by atoms with E-state index in [1.807, 2.05) is 6.92 Å². The summed E-state index contributed by atoms with van der Waals surface area (Å²) < 4.78 is 29.6. The molecule has 112 valence electrons. The summed E-state index contributed by atoms with van der Waals surface area (Å²) in [4.78, 5) is 2.52. The van der Waals surface area contributed by atoms with Crippen molar-refractivity contribution < 1.29 is 13.2 Å². The van der Waals surface area contributed by atoms with Crippen LogP contribution in [0.3, 0.4) is 0 Å². The highest BCUT2D eigenvalue weighted by atomic mass is 32.2. The SMILES string of the molecule is CCOc1ccc(S(=O)(=O)N/N=C2\CC3C=CCC23)cc1. The zero-order valence-electron chi connectivity index (χ0n) is 11.8. The van der Waals surface area contributed by atoms with Crippen molar-refractivity contribution >= 4 is 15.7 Å². The van der Waals surface area contributed by atoms with Gasteiger partial charge in [-0.1, -0.05) is 12.2 Å². The lowest BCUT2D eigenvalue weighted by molar-refractivity contribution is 0.340. The fraction of sp³-hybridized carbons (Fsp3) is 0.400. The zero-order chi connectivity index (χ0) is 14.9. The molecule has 1 fully saturated rings. The molecule has 1 N–H and O–H groups in total. The molecule has 2 aliphatic rings. The molecular weight excluding hydrogens is 288 g/mol. The van der Waals surface area contributed by atoms with Gasteiger partial charge in [0.1, 0.15) is 5.75 Å². The predicted octanol–water partition coefficient (Wildman–Crippen LogP) is 2.32. The van der Waals surface area contributed by atoms with Gasteiger partial charge in [-0.2, -0.15) is 13.5 Å². The van der Waals surface area contributed by atoms with Crippen LogP contribution in [0.1, 0.15) is 19.8 Å². The van der Waals surface area contributed by atoms with E-state index in [1.54, 1.807) is 12.1 Å². The van der Waals surface area contributed by atoms with E-state index < -0.39 is 10.0 Å². The topological polar surface area (TPSA) is 67.8 Å². The number of sulfonamides is 1. The fourth-order valence-corrected chi connectivity index (χ4v) is 3.55. The van der Waals surface area contributed by atoms with E-state index in [0.29, 0.717) is 24.2 Å². The van der Waals surface area contributed by atoms with E-state index >= 15 is 0 Å². The second kappa shape index (κ2) is 5.52. The summed E-state index contributed by atoms with van der Waals surface area (Å²) in [5.74, 6) is 1.60. The Balaban J connectivity index is 1.68. The maximum Gasteiger partial charge on any atom is 0.276 e. The van der Waals surface area contributed by atoms with Gasteiger partial charge in [0.15, 0.2) is 0 Å². The Morgan fingerprint density at radius 3 is 2.76 bits per heavy atom. The molecule has 0 aliphatic heterocycles. The number of allylic oxidation sites excluding steroid dienone is 2. The Morgan fingerprint density at radius 2 is 2.10 bits per heavy atom. The average molecular weight is 306 g/mol. The van der Waals surface area contributed by atoms with Crippen molar-refractivity contribution in [2.45, 2.75) is 24.7 Å². The van der Waals surface area contributed by atoms with Crippen LogP contribution in [0.25, 0.3) is 0 Å². The molecular formula is C15H18N2O3S. The van der Waals surface area contributed by atoms with Crippen LogP contribution < -0.4 is 9.57 Å². The molecule has 2 atom stereocenters. The molecule has 5 nitrogen and oxygen atoms in total. The lowest BCUT2D eigenvalue weighted by Gasteiger charge is -2.31. The van der Waals surface area contributed by atoms with Gasteiger partial charge in [-0.3, -0.25) is 0 Å². The molecule has 0 bridgehead atoms. The summed E-state index contributed by atoms with van der Waals surface area (Å²) in [6.45, 7) is 2.43. The van der Waals surface area contributed by atoms with Crippen LogP contribution >= 0.6 is 0 Å². The number of hydrogen-bond donors (Lipinski definition) is 1. The Morgan fingerprint density at radius 1 is 1.33 bits per heavy atom. The van der Waals surface area contributed by atoms with Crippen molar-refractivity contribution in [2.24, 2.45) is 16.9 Å². The number of hydrogen-bond acceptors (Lipinski definition) is 4. The molecule has 0 amide bonds. The molecule has 1 aromatic rings. The molecule has 1 aromatic carbocycles. The summed E-state index contributed by atoms with van der Waals surface area (Å²) >= 11 is 0. The maximum absolute atomic E-state index is 12.2. The Labute approximate surface area is 124 Å². The van der Waals surface area contributed by atoms with Gasteiger partial charge in [-0.25, -0.2) is 4.83 Å². The van der Waals surface area contributed by atoms with Gasteiger partial charge in [-0.15, -0.1) is 0 Å². The number of ether oxygens (including phenoxy) is 1. The summed E-state index contributed by atoms with van der Waals surface area (Å²) in [5, 5.41) is 4.09. The number of benzene rings is 1. The van der Waals surface area contributed by atoms with Gasteiger partial charge in [0.05, 0.1) is 11.5 Å². The van der Waals surface area contributed by atoms with Crippen LogP contribution in [0.15, 0.2) is 46.4 Å². The highest BCUT2D eigenvalue weighted by Crippen LogP contribution is 2.40. The smallest absolute Gasteiger partial charge is 0.276 e. The van der Waals surface area contributed by atoms with Crippen LogP contribution in [0, 0.1) is 11.8 Å². The highest BCUT2D eigenvalue weighted by molar-refractivity contribution is 7.89. The van der Waals surface area contributed by atoms with Crippen LogP contribution in [0.4, 0.5) is 0 Å². The molecule has 0 heterocycles. The number of nitrogens with zero attached hydrogens (tertiary/aromatic N) is 1. The van der Waals surface area contributed by atoms with Gasteiger partial charge >= 0.3 is 0 Å². The van der Waals surface area contributed by atoms with Gasteiger partial charge in [-0.05, 0) is 49.9 Å². The minimum atomic E-state index is -3.61. The minimum Gasteiger partial charge on any atom is -0.494 e. The lowest BCUT2D eigenvalue weighted by Crippen LogP contribution is -2.35. The predicted molar refractivity (Wildman–Crippen MR) is 80.7 cm³/mol. The van der Waals surface area contributed by atoms with Gasteiger partial charge in [0.25, 0.3) is 10.0 Å². The van der Waals surface area contributed by atoms with Crippen molar-refractivity contribution in [1.29, 1.82) is 0 Å². The first kappa shape index (κ1) is 14.1. The lowest BCUT2D eigenvalue weighted by atomic mass is 9.74. The van der Waals surface area contributed by atoms with Crippen LogP contribution in [0.5, 0.6) is 5.75 Å². The molecule has 0 saturated heterocycles. The second-order valence-electron chi connectivity index (χ2n) is 5.24. The van der Waals surface area contributed by atoms with Gasteiger partial charge in [0, 0.05) is 11.6 Å². The van der Waals surface area contributed by atoms with Crippen LogP contribution in [-0.2, 0) is 10.0 Å². The van der Waals surface area contributed by atoms with E-state index in [2.05, 4.69) is 22.1 Å². The Kier molecular flexibility index (Phi) is 3.71. The minimum absolute atomic E-state index is 0.190. The van der Waals surface area contributed by atoms with E-state index in [9.17, 15) is 8.42 Å². The fourth-order valence-electron chi connectivity index (χ4n) is 2.72. The van der Waals surface area contributed by atoms with Crippen LogP contribution in [0.2, 0.25) is 0 Å². The normalized spacial score (nSPS) is 25.5. The number of nitrogens with one attached hydrogen (secondary N) is 1. The van der Waals surface area contributed by atoms with Gasteiger partial charge in [0.2, 0.25) is 0 Å². The van der Waals surface area contributed by atoms with E-state index in [1.165, 1.54) is 12.1 Å². The molecule has 0 spiro atoms. The van der Waals surface area contributed by atoms with E-state index in [4.69, 9.17) is 4.74 Å². The molecule has 0 aromatic heterocycles. The maximum atomic E-state index is 12.2. The average Bonchev–Trinajstić information content (AvgIpc) is 2.81. The standard InChI is InChI=1S/C15H18N2O3S/c1-2-20-12-6-8-13(9-7-12)21(18,19)17-16-15-10-11-4-3-5-14(11)15/h3-4,6-9,11,14,17H,2,5,10H2,1H3/b16-15+. The highest BCUT2D eigenvalue weighted by Gasteiger charge is 2.38. The van der Waals surface area contributed by atoms with Crippen molar-refractivity contribution in [2.75, 3.05) is 6.61 Å². The molecule has 1 saturated carbocycles. The summed E-state index contributed by atoms with van der Waals surface area (Å²) in [5.41, 5.74) is 0.944. The monoisotopic (exact) mass is 306 g/mol. The molecule has 6 heteroatoms. The van der Waals surface area contributed by atoms with Crippen molar-refractivity contribution in [3.8, 4) is 5.75 Å². The molecule has 0 radical (unpaired) electrons. The molecule has 2 unspecified atom stereocenters. The van der Waals surface area contributed by atoms with Crippen molar-refractivity contribution in [3.05, 3.63) is 36.4 Å². The van der Waals surface area contributed by atoms with Crippen LogP contribution in [-0.4, -0.2) is 20.7 Å². The molecule has 2 aliphatic carbocycles. The zero-order valence-corrected chi connectivity index (χ0v) is 12.6. The number of fused-ring (bicyclic) bond motifs is 1. The quantitative estimate of drug-likeness (QED) is 0.670. The van der Waals surface area contributed by atoms with E-state index in [0.717, 1.165) is 18.6 Å². The molecule has 3 rings (SSSR count). The third-order valence-electron chi connectivity index (χ3n) is 3.92. The summed E-state index contributed by atoms with van der Waals surface area (Å²) in [7, 11) is -3.61. The second-order valence-corrected chi connectivity index (χ2v) is 6.90. The van der Waals surface area contributed by atoms with Crippen molar-refractivity contribution in [3.63, 3.8) is 0 Å². The third-order valence-corrected chi connectivity index (χ3v) is 5.14. The summed E-state index contributed by atoms with van der Waals surface area (Å²) in [6, 6.07) is 6.33. The van der Waals surface area contributed by atoms with Crippen molar-refractivity contribution in [1.82, 2.24) is 4.83 Å². The molecule has 21 heavy (non-hydrogen) atoms. The van der Waals surface area contributed by atoms with E-state index in [-0.39, 0.29) is 4.90 Å². The van der Waals surface area contributed by atoms with Gasteiger partial charge < -0.3 is 4.74 Å². The Hall–Kier alpha value is -1.82. The Bertz CT molecular complexity index is 677. The first-order valence-electron chi connectivity index (χ1n) is 7.08. The summed E-state index contributed by atoms with van der Waals surface area (Å²) in [6.07, 6.45) is 6.14. The third kappa shape index (κ3) is 2.81.